The normalized spacial score (nSPS) is 13.7. The van der Waals surface area contributed by atoms with E-state index in [1.54, 1.807) is 36.2 Å². The quantitative estimate of drug-likeness (QED) is 0.559. The highest BCUT2D eigenvalue weighted by Gasteiger charge is 2.20. The van der Waals surface area contributed by atoms with Crippen LogP contribution in [0.25, 0.3) is 27.7 Å². The summed E-state index contributed by atoms with van der Waals surface area (Å²) < 4.78 is 13.3. The maximum absolute atomic E-state index is 13.5. The third-order valence-electron chi connectivity index (χ3n) is 5.20. The molecule has 0 unspecified atom stereocenters. The smallest absolute Gasteiger partial charge is 0.200 e. The van der Waals surface area contributed by atoms with Crippen LogP contribution >= 0.6 is 0 Å². The summed E-state index contributed by atoms with van der Waals surface area (Å²) in [5.41, 5.74) is 8.80. The van der Waals surface area contributed by atoms with Crippen molar-refractivity contribution in [3.05, 3.63) is 70.6 Å². The molecule has 2 N–H and O–H groups in total. The average Bonchev–Trinajstić information content (AvgIpc) is 3.18. The first kappa shape index (κ1) is 18.1. The van der Waals surface area contributed by atoms with Crippen molar-refractivity contribution < 1.29 is 9.15 Å². The number of hydrogen-bond acceptors (Lipinski definition) is 7. The summed E-state index contributed by atoms with van der Waals surface area (Å²) in [4.78, 5) is 26.1. The number of aromatic nitrogens is 4. The third-order valence-corrected chi connectivity index (χ3v) is 5.20. The van der Waals surface area contributed by atoms with E-state index in [2.05, 4.69) is 27.1 Å². The van der Waals surface area contributed by atoms with Gasteiger partial charge < -0.3 is 19.5 Å². The molecule has 5 rings (SSSR count). The fourth-order valence-corrected chi connectivity index (χ4v) is 3.72. The molecule has 8 nitrogen and oxygen atoms in total. The van der Waals surface area contributed by atoms with Crippen molar-refractivity contribution in [3.8, 4) is 5.75 Å². The van der Waals surface area contributed by atoms with Gasteiger partial charge in [-0.1, -0.05) is 18.2 Å². The Balaban J connectivity index is 1.73. The van der Waals surface area contributed by atoms with Gasteiger partial charge in [0.05, 0.1) is 30.9 Å². The number of fused-ring (bicyclic) bond motifs is 2. The summed E-state index contributed by atoms with van der Waals surface area (Å²) in [5.74, 6) is 1.45. The molecule has 0 saturated heterocycles. The SMILES string of the molecule is COc1ccc2oc(Cn3cnc4c(N)ncnc43)c(C3=CCCC=C3)c(=O)c2c1. The van der Waals surface area contributed by atoms with E-state index in [1.807, 2.05) is 6.08 Å². The van der Waals surface area contributed by atoms with E-state index >= 15 is 0 Å². The van der Waals surface area contributed by atoms with Crippen LogP contribution in [0.15, 0.2) is 58.3 Å². The summed E-state index contributed by atoms with van der Waals surface area (Å²) in [7, 11) is 1.57. The lowest BCUT2D eigenvalue weighted by Gasteiger charge is -2.14. The number of methoxy groups -OCH3 is 1. The predicted octanol–water partition coefficient (Wildman–Crippen LogP) is 3.31. The Morgan fingerprint density at radius 2 is 2.13 bits per heavy atom. The van der Waals surface area contributed by atoms with Crippen LogP contribution in [0.2, 0.25) is 0 Å². The molecule has 1 aliphatic carbocycles. The van der Waals surface area contributed by atoms with Crippen molar-refractivity contribution in [1.82, 2.24) is 19.5 Å². The van der Waals surface area contributed by atoms with Gasteiger partial charge in [0, 0.05) is 0 Å². The largest absolute Gasteiger partial charge is 0.497 e. The minimum absolute atomic E-state index is 0.0958. The number of allylic oxidation sites excluding steroid dienone is 4. The Hall–Kier alpha value is -3.94. The van der Waals surface area contributed by atoms with Crippen molar-refractivity contribution in [3.63, 3.8) is 0 Å². The number of benzene rings is 1. The zero-order valence-corrected chi connectivity index (χ0v) is 16.3. The molecule has 30 heavy (non-hydrogen) atoms. The number of anilines is 1. The van der Waals surface area contributed by atoms with Crippen LogP contribution in [-0.2, 0) is 6.54 Å². The maximum atomic E-state index is 13.5. The van der Waals surface area contributed by atoms with Crippen LogP contribution in [0.3, 0.4) is 0 Å². The second kappa shape index (κ2) is 7.14. The number of imidazole rings is 1. The standard InChI is InChI=1S/C22H19N5O3/c1-29-14-7-8-16-15(9-14)20(28)18(13-5-3-2-4-6-13)17(30-16)10-27-12-26-19-21(23)24-11-25-22(19)27/h3,5-9,11-12H,2,4,10H2,1H3,(H2,23,24,25). The van der Waals surface area contributed by atoms with E-state index < -0.39 is 0 Å². The highest BCUT2D eigenvalue weighted by molar-refractivity contribution is 5.86. The second-order valence-corrected chi connectivity index (χ2v) is 7.03. The van der Waals surface area contributed by atoms with Crippen molar-refractivity contribution in [2.75, 3.05) is 12.8 Å². The van der Waals surface area contributed by atoms with E-state index in [1.165, 1.54) is 6.33 Å². The highest BCUT2D eigenvalue weighted by Crippen LogP contribution is 2.28. The Bertz CT molecular complexity index is 1400. The zero-order valence-electron chi connectivity index (χ0n) is 16.3. The molecule has 0 saturated carbocycles. The fraction of sp³-hybridized carbons (Fsp3) is 0.182. The molecule has 1 aliphatic rings. The molecule has 8 heteroatoms. The van der Waals surface area contributed by atoms with Crippen LogP contribution in [0, 0.1) is 0 Å². The topological polar surface area (TPSA) is 109 Å². The minimum atomic E-state index is -0.0958. The summed E-state index contributed by atoms with van der Waals surface area (Å²) >= 11 is 0. The number of nitrogen functional groups attached to an aromatic ring is 1. The molecule has 3 heterocycles. The van der Waals surface area contributed by atoms with Gasteiger partial charge in [-0.3, -0.25) is 4.79 Å². The van der Waals surface area contributed by atoms with E-state index in [0.29, 0.717) is 45.0 Å². The number of rotatable bonds is 4. The van der Waals surface area contributed by atoms with E-state index in [9.17, 15) is 4.79 Å². The molecule has 1 aromatic carbocycles. The van der Waals surface area contributed by atoms with Gasteiger partial charge in [-0.25, -0.2) is 15.0 Å². The Morgan fingerprint density at radius 3 is 2.93 bits per heavy atom. The molecule has 0 amide bonds. The van der Waals surface area contributed by atoms with Gasteiger partial charge in [0.15, 0.2) is 11.5 Å². The third kappa shape index (κ3) is 2.93. The molecular weight excluding hydrogens is 382 g/mol. The summed E-state index contributed by atoms with van der Waals surface area (Å²) in [5, 5.41) is 0.482. The molecule has 0 fully saturated rings. The second-order valence-electron chi connectivity index (χ2n) is 7.03. The molecule has 0 bridgehead atoms. The van der Waals surface area contributed by atoms with Crippen LogP contribution in [0.1, 0.15) is 24.2 Å². The number of nitrogens with two attached hydrogens (primary N) is 1. The lowest BCUT2D eigenvalue weighted by molar-refractivity contribution is 0.415. The Labute approximate surface area is 171 Å². The molecular formula is C22H19N5O3. The van der Waals surface area contributed by atoms with Crippen molar-refractivity contribution >= 4 is 33.5 Å². The van der Waals surface area contributed by atoms with Crippen molar-refractivity contribution in [2.45, 2.75) is 19.4 Å². The molecule has 0 spiro atoms. The van der Waals surface area contributed by atoms with Gasteiger partial charge in [-0.2, -0.15) is 0 Å². The van der Waals surface area contributed by atoms with Gasteiger partial charge in [-0.15, -0.1) is 0 Å². The van der Waals surface area contributed by atoms with E-state index in [-0.39, 0.29) is 12.0 Å². The number of hydrogen-bond donors (Lipinski definition) is 1. The van der Waals surface area contributed by atoms with Crippen molar-refractivity contribution in [1.29, 1.82) is 0 Å². The summed E-state index contributed by atoms with van der Waals surface area (Å²) in [6.45, 7) is 0.282. The Morgan fingerprint density at radius 1 is 1.23 bits per heavy atom. The molecule has 0 radical (unpaired) electrons. The van der Waals surface area contributed by atoms with Gasteiger partial charge in [0.25, 0.3) is 0 Å². The first-order chi connectivity index (χ1) is 14.7. The molecule has 0 atom stereocenters. The zero-order chi connectivity index (χ0) is 20.7. The number of ether oxygens (including phenoxy) is 1. The van der Waals surface area contributed by atoms with Crippen molar-refractivity contribution in [2.24, 2.45) is 0 Å². The van der Waals surface area contributed by atoms with Gasteiger partial charge in [0.1, 0.15) is 28.9 Å². The van der Waals surface area contributed by atoms with Crippen LogP contribution in [-0.4, -0.2) is 26.6 Å². The van der Waals surface area contributed by atoms with Gasteiger partial charge in [0.2, 0.25) is 5.43 Å². The monoisotopic (exact) mass is 401 g/mol. The molecule has 150 valence electrons. The first-order valence-electron chi connectivity index (χ1n) is 9.58. The maximum Gasteiger partial charge on any atom is 0.200 e. The molecule has 0 aliphatic heterocycles. The lowest BCUT2D eigenvalue weighted by atomic mass is 9.97. The van der Waals surface area contributed by atoms with Gasteiger partial charge >= 0.3 is 0 Å². The van der Waals surface area contributed by atoms with Crippen LogP contribution < -0.4 is 15.9 Å². The van der Waals surface area contributed by atoms with E-state index in [0.717, 1.165) is 18.4 Å². The summed E-state index contributed by atoms with van der Waals surface area (Å²) in [6.07, 6.45) is 10.9. The van der Waals surface area contributed by atoms with E-state index in [4.69, 9.17) is 14.9 Å². The number of nitrogens with zero attached hydrogens (tertiary/aromatic N) is 4. The molecule has 4 aromatic rings. The van der Waals surface area contributed by atoms with Gasteiger partial charge in [-0.05, 0) is 36.6 Å². The fourth-order valence-electron chi connectivity index (χ4n) is 3.72. The average molecular weight is 401 g/mol. The lowest BCUT2D eigenvalue weighted by Crippen LogP contribution is -2.15. The highest BCUT2D eigenvalue weighted by atomic mass is 16.5. The predicted molar refractivity (Wildman–Crippen MR) is 114 cm³/mol. The van der Waals surface area contributed by atoms with Crippen LogP contribution in [0.4, 0.5) is 5.82 Å². The summed E-state index contributed by atoms with van der Waals surface area (Å²) in [6, 6.07) is 5.23. The Kier molecular flexibility index (Phi) is 4.31. The minimum Gasteiger partial charge on any atom is -0.497 e. The van der Waals surface area contributed by atoms with Crippen LogP contribution in [0.5, 0.6) is 5.75 Å². The first-order valence-corrected chi connectivity index (χ1v) is 9.58. The molecule has 3 aromatic heterocycles.